The van der Waals surface area contributed by atoms with Gasteiger partial charge in [-0.3, -0.25) is 0 Å². The number of rotatable bonds is 0. The molecule has 1 heterocycles. The molecule has 1 aliphatic heterocycles. The molecular weight excluding hydrogens is 239 g/mol. The predicted octanol–water partition coefficient (Wildman–Crippen LogP) is 3.86. The lowest BCUT2D eigenvalue weighted by Crippen LogP contribution is -2.19. The fraction of sp³-hybridized carbons (Fsp3) is 0.273. The van der Waals surface area contributed by atoms with Crippen molar-refractivity contribution in [3.8, 4) is 0 Å². The van der Waals surface area contributed by atoms with Crippen molar-refractivity contribution in [1.29, 1.82) is 0 Å². The minimum atomic E-state index is -4.33. The van der Waals surface area contributed by atoms with Crippen molar-refractivity contribution < 1.29 is 13.2 Å². The Morgan fingerprint density at radius 3 is 2.62 bits per heavy atom. The first-order valence-corrected chi connectivity index (χ1v) is 5.08. The van der Waals surface area contributed by atoms with Crippen molar-refractivity contribution >= 4 is 17.7 Å². The van der Waals surface area contributed by atoms with E-state index in [1.807, 2.05) is 0 Å². The van der Waals surface area contributed by atoms with Crippen LogP contribution in [-0.2, 0) is 6.18 Å². The highest BCUT2D eigenvalue weighted by Crippen LogP contribution is 2.37. The third-order valence-electron chi connectivity index (χ3n) is 2.52. The van der Waals surface area contributed by atoms with Crippen LogP contribution in [0.3, 0.4) is 0 Å². The first-order chi connectivity index (χ1) is 7.39. The normalized spacial score (nSPS) is 19.8. The maximum absolute atomic E-state index is 12.5. The minimum Gasteiger partial charge on any atom is -0.361 e. The highest BCUT2D eigenvalue weighted by molar-refractivity contribution is 6.21. The Balaban J connectivity index is 2.50. The summed E-state index contributed by atoms with van der Waals surface area (Å²) in [6.45, 7) is 0. The molecule has 86 valence electrons. The summed E-state index contributed by atoms with van der Waals surface area (Å²) in [5, 5.41) is 0. The van der Waals surface area contributed by atoms with Gasteiger partial charge >= 0.3 is 6.18 Å². The molecule has 0 aromatic heterocycles. The molecule has 1 nitrogen and oxygen atoms in total. The molecule has 5 heteroatoms. The van der Waals surface area contributed by atoms with Crippen LogP contribution in [0.2, 0.25) is 0 Å². The zero-order valence-corrected chi connectivity index (χ0v) is 9.18. The summed E-state index contributed by atoms with van der Waals surface area (Å²) < 4.78 is 37.5. The topological polar surface area (TPSA) is 3.24 Å². The van der Waals surface area contributed by atoms with Gasteiger partial charge in [-0.05, 0) is 29.3 Å². The molecular formula is C11H9ClF3N. The maximum atomic E-state index is 12.5. The molecule has 2 rings (SSSR count). The zero-order chi connectivity index (χ0) is 11.9. The number of nitrogens with zero attached hydrogens (tertiary/aromatic N) is 1. The Labute approximate surface area is 96.1 Å². The summed E-state index contributed by atoms with van der Waals surface area (Å²) >= 11 is 6.03. The van der Waals surface area contributed by atoms with E-state index in [4.69, 9.17) is 11.6 Å². The molecule has 0 amide bonds. The number of hydrogen-bond donors (Lipinski definition) is 0. The highest BCUT2D eigenvalue weighted by atomic mass is 35.5. The molecule has 1 aliphatic rings. The Kier molecular flexibility index (Phi) is 2.62. The summed E-state index contributed by atoms with van der Waals surface area (Å²) in [7, 11) is 1.72. The van der Waals surface area contributed by atoms with Crippen LogP contribution in [0.25, 0.3) is 6.08 Å². The van der Waals surface area contributed by atoms with Crippen LogP contribution in [0.5, 0.6) is 0 Å². The lowest BCUT2D eigenvalue weighted by Gasteiger charge is -2.27. The van der Waals surface area contributed by atoms with E-state index in [1.54, 1.807) is 24.2 Å². The number of benzene rings is 1. The molecule has 1 aromatic rings. The van der Waals surface area contributed by atoms with Gasteiger partial charge in [-0.25, -0.2) is 0 Å². The third-order valence-corrected chi connectivity index (χ3v) is 3.06. The Morgan fingerprint density at radius 1 is 1.31 bits per heavy atom. The SMILES string of the molecule is CN1C=Cc2ccc(C(F)(F)F)cc2C1Cl. The predicted molar refractivity (Wildman–Crippen MR) is 56.8 cm³/mol. The molecule has 0 saturated heterocycles. The van der Waals surface area contributed by atoms with Crippen molar-refractivity contribution in [3.63, 3.8) is 0 Å². The van der Waals surface area contributed by atoms with E-state index in [2.05, 4.69) is 0 Å². The molecule has 1 atom stereocenters. The molecule has 1 aromatic carbocycles. The van der Waals surface area contributed by atoms with Crippen LogP contribution in [0.4, 0.5) is 13.2 Å². The zero-order valence-electron chi connectivity index (χ0n) is 8.42. The van der Waals surface area contributed by atoms with Gasteiger partial charge in [-0.2, -0.15) is 13.2 Å². The van der Waals surface area contributed by atoms with Crippen molar-refractivity contribution in [1.82, 2.24) is 4.90 Å². The quantitative estimate of drug-likeness (QED) is 0.497. The van der Waals surface area contributed by atoms with Crippen LogP contribution >= 0.6 is 11.6 Å². The van der Waals surface area contributed by atoms with E-state index in [1.165, 1.54) is 6.07 Å². The Morgan fingerprint density at radius 2 is 2.00 bits per heavy atom. The second-order valence-electron chi connectivity index (χ2n) is 3.66. The van der Waals surface area contributed by atoms with Crippen molar-refractivity contribution in [2.75, 3.05) is 7.05 Å². The van der Waals surface area contributed by atoms with E-state index >= 15 is 0 Å². The summed E-state index contributed by atoms with van der Waals surface area (Å²) in [5.41, 5.74) is -0.00417. The van der Waals surface area contributed by atoms with Gasteiger partial charge in [0.05, 0.1) is 5.56 Å². The van der Waals surface area contributed by atoms with Crippen molar-refractivity contribution in [3.05, 3.63) is 41.1 Å². The summed E-state index contributed by atoms with van der Waals surface area (Å²) in [6.07, 6.45) is -0.840. The summed E-state index contributed by atoms with van der Waals surface area (Å²) in [6, 6.07) is 3.61. The molecule has 0 N–H and O–H groups in total. The van der Waals surface area contributed by atoms with Gasteiger partial charge in [0.2, 0.25) is 0 Å². The van der Waals surface area contributed by atoms with Gasteiger partial charge in [0.1, 0.15) is 5.50 Å². The third kappa shape index (κ3) is 1.89. The smallest absolute Gasteiger partial charge is 0.361 e. The van der Waals surface area contributed by atoms with Crippen LogP contribution in [0, 0.1) is 0 Å². The number of fused-ring (bicyclic) bond motifs is 1. The van der Waals surface area contributed by atoms with Gasteiger partial charge in [0, 0.05) is 13.2 Å². The van der Waals surface area contributed by atoms with Gasteiger partial charge in [-0.15, -0.1) is 0 Å². The average Bonchev–Trinajstić information content (AvgIpc) is 2.22. The largest absolute Gasteiger partial charge is 0.416 e. The van der Waals surface area contributed by atoms with Crippen LogP contribution in [0.15, 0.2) is 24.4 Å². The van der Waals surface area contributed by atoms with E-state index in [9.17, 15) is 13.2 Å². The van der Waals surface area contributed by atoms with Gasteiger partial charge in [0.25, 0.3) is 0 Å². The molecule has 0 aliphatic carbocycles. The fourth-order valence-electron chi connectivity index (χ4n) is 1.60. The number of hydrogen-bond acceptors (Lipinski definition) is 1. The van der Waals surface area contributed by atoms with Crippen LogP contribution < -0.4 is 0 Å². The molecule has 0 saturated carbocycles. The van der Waals surface area contributed by atoms with E-state index in [0.29, 0.717) is 5.56 Å². The average molecular weight is 248 g/mol. The molecule has 0 spiro atoms. The monoisotopic (exact) mass is 247 g/mol. The number of alkyl halides is 4. The second kappa shape index (κ2) is 3.70. The first-order valence-electron chi connectivity index (χ1n) is 4.65. The molecule has 1 unspecified atom stereocenters. The first kappa shape index (κ1) is 11.3. The van der Waals surface area contributed by atoms with Crippen molar-refractivity contribution in [2.45, 2.75) is 11.7 Å². The van der Waals surface area contributed by atoms with Gasteiger partial charge < -0.3 is 4.90 Å². The maximum Gasteiger partial charge on any atom is 0.416 e. The van der Waals surface area contributed by atoms with Gasteiger partial charge in [0.15, 0.2) is 0 Å². The second-order valence-corrected chi connectivity index (χ2v) is 4.07. The minimum absolute atomic E-state index is 0.487. The Bertz CT molecular complexity index is 439. The lowest BCUT2D eigenvalue weighted by atomic mass is 10.0. The van der Waals surface area contributed by atoms with E-state index < -0.39 is 17.2 Å². The molecule has 0 bridgehead atoms. The standard InChI is InChI=1S/C11H9ClF3N/c1-16-5-4-7-2-3-8(11(13,14)15)6-9(7)10(16)12/h2-6,10H,1H3. The van der Waals surface area contributed by atoms with Crippen LogP contribution in [0.1, 0.15) is 22.2 Å². The van der Waals surface area contributed by atoms with Gasteiger partial charge in [-0.1, -0.05) is 17.7 Å². The van der Waals surface area contributed by atoms with E-state index in [0.717, 1.165) is 17.7 Å². The fourth-order valence-corrected chi connectivity index (χ4v) is 1.86. The molecule has 16 heavy (non-hydrogen) atoms. The van der Waals surface area contributed by atoms with Crippen molar-refractivity contribution in [2.24, 2.45) is 0 Å². The number of halogens is 4. The summed E-state index contributed by atoms with van der Waals surface area (Å²) in [5.74, 6) is 0. The summed E-state index contributed by atoms with van der Waals surface area (Å²) in [4.78, 5) is 1.66. The molecule has 0 radical (unpaired) electrons. The van der Waals surface area contributed by atoms with E-state index in [-0.39, 0.29) is 0 Å². The Hall–Kier alpha value is -1.16. The molecule has 0 fully saturated rings. The lowest BCUT2D eigenvalue weighted by molar-refractivity contribution is -0.137. The highest BCUT2D eigenvalue weighted by Gasteiger charge is 2.32. The van der Waals surface area contributed by atoms with Crippen LogP contribution in [-0.4, -0.2) is 11.9 Å².